The smallest absolute Gasteiger partial charge is 0.252 e. The molecule has 0 saturated carbocycles. The van der Waals surface area contributed by atoms with Crippen LogP contribution in [0.5, 0.6) is 0 Å². The molecule has 0 aliphatic rings. The molecule has 0 fully saturated rings. The van der Waals surface area contributed by atoms with Crippen LogP contribution in [0.2, 0.25) is 0 Å². The number of nitrogens with zero attached hydrogens (tertiary/aromatic N) is 3. The number of hydrogen-bond donors (Lipinski definition) is 3. The summed E-state index contributed by atoms with van der Waals surface area (Å²) in [6.07, 6.45) is 4.23. The maximum absolute atomic E-state index is 11.6. The Labute approximate surface area is 123 Å². The minimum Gasteiger partial charge on any atom is -0.386 e. The van der Waals surface area contributed by atoms with Crippen molar-refractivity contribution in [3.8, 4) is 0 Å². The summed E-state index contributed by atoms with van der Waals surface area (Å²) in [5.41, 5.74) is 1.25. The number of hydrogen-bond acceptors (Lipinski definition) is 5. The van der Waals surface area contributed by atoms with Crippen molar-refractivity contribution in [2.75, 3.05) is 18.4 Å². The molecule has 0 saturated heterocycles. The molecule has 3 N–H and O–H groups in total. The molecule has 7 nitrogen and oxygen atoms in total. The molecule has 7 heteroatoms. The van der Waals surface area contributed by atoms with Crippen molar-refractivity contribution in [2.45, 2.75) is 13.0 Å². The van der Waals surface area contributed by atoms with E-state index in [0.717, 1.165) is 5.56 Å². The number of aliphatic hydroxyl groups is 1. The van der Waals surface area contributed by atoms with Crippen LogP contribution >= 0.6 is 0 Å². The maximum Gasteiger partial charge on any atom is 0.252 e. The second kappa shape index (κ2) is 6.85. The van der Waals surface area contributed by atoms with Crippen LogP contribution < -0.4 is 10.6 Å². The highest BCUT2D eigenvalue weighted by Crippen LogP contribution is 2.12. The average Bonchev–Trinajstić information content (AvgIpc) is 2.92. The van der Waals surface area contributed by atoms with E-state index in [1.54, 1.807) is 36.3 Å². The average molecular weight is 289 g/mol. The first-order valence-electron chi connectivity index (χ1n) is 6.75. The van der Waals surface area contributed by atoms with Crippen LogP contribution in [-0.2, 0) is 7.05 Å². The Bertz CT molecular complexity index is 594. The van der Waals surface area contributed by atoms with Gasteiger partial charge in [-0.15, -0.1) is 0 Å². The Kier molecular flexibility index (Phi) is 4.89. The van der Waals surface area contributed by atoms with Crippen molar-refractivity contribution < 1.29 is 9.90 Å². The number of rotatable bonds is 6. The van der Waals surface area contributed by atoms with Gasteiger partial charge in [-0.3, -0.25) is 9.48 Å². The highest BCUT2D eigenvalue weighted by Gasteiger charge is 2.10. The number of carbonyl (C=O) groups is 1. The lowest BCUT2D eigenvalue weighted by Crippen LogP contribution is -2.22. The second-order valence-corrected chi connectivity index (χ2v) is 4.64. The predicted molar refractivity (Wildman–Crippen MR) is 78.9 cm³/mol. The monoisotopic (exact) mass is 289 g/mol. The van der Waals surface area contributed by atoms with E-state index in [9.17, 15) is 9.90 Å². The van der Waals surface area contributed by atoms with Crippen molar-refractivity contribution in [1.29, 1.82) is 0 Å². The number of aliphatic hydroxyl groups excluding tert-OH is 1. The third-order valence-electron chi connectivity index (χ3n) is 2.95. The van der Waals surface area contributed by atoms with Gasteiger partial charge in [0.25, 0.3) is 5.91 Å². The van der Waals surface area contributed by atoms with Gasteiger partial charge in [0, 0.05) is 38.1 Å². The number of carbonyl (C=O) groups excluding carboxylic acids is 1. The van der Waals surface area contributed by atoms with Crippen molar-refractivity contribution in [1.82, 2.24) is 20.1 Å². The topological polar surface area (TPSA) is 92.1 Å². The second-order valence-electron chi connectivity index (χ2n) is 4.64. The van der Waals surface area contributed by atoms with Gasteiger partial charge in [0.1, 0.15) is 5.82 Å². The Hall–Kier alpha value is -2.41. The van der Waals surface area contributed by atoms with E-state index in [2.05, 4.69) is 20.7 Å². The Balaban J connectivity index is 1.90. The van der Waals surface area contributed by atoms with Crippen LogP contribution in [0.4, 0.5) is 5.82 Å². The first kappa shape index (κ1) is 15.0. The summed E-state index contributed by atoms with van der Waals surface area (Å²) in [4.78, 5) is 15.7. The molecule has 1 atom stereocenters. The molecule has 0 aliphatic heterocycles. The summed E-state index contributed by atoms with van der Waals surface area (Å²) in [6, 6.07) is 3.40. The zero-order valence-electron chi connectivity index (χ0n) is 12.1. The summed E-state index contributed by atoms with van der Waals surface area (Å²) in [5, 5.41) is 19.7. The number of pyridine rings is 1. The number of aryl methyl sites for hydroxylation is 1. The van der Waals surface area contributed by atoms with E-state index in [1.807, 2.05) is 6.92 Å². The molecule has 1 unspecified atom stereocenters. The minimum atomic E-state index is -0.663. The lowest BCUT2D eigenvalue weighted by atomic mass is 10.2. The molecule has 0 aliphatic carbocycles. The van der Waals surface area contributed by atoms with Crippen LogP contribution in [0.1, 0.15) is 28.9 Å². The van der Waals surface area contributed by atoms with E-state index in [1.165, 1.54) is 6.20 Å². The number of nitrogens with one attached hydrogen (secondary N) is 2. The Morgan fingerprint density at radius 1 is 1.43 bits per heavy atom. The lowest BCUT2D eigenvalue weighted by Gasteiger charge is -2.11. The molecule has 0 bridgehead atoms. The fourth-order valence-corrected chi connectivity index (χ4v) is 1.83. The van der Waals surface area contributed by atoms with Crippen molar-refractivity contribution in [3.63, 3.8) is 0 Å². The Morgan fingerprint density at radius 2 is 2.24 bits per heavy atom. The van der Waals surface area contributed by atoms with E-state index in [0.29, 0.717) is 24.5 Å². The summed E-state index contributed by atoms with van der Waals surface area (Å²) in [5.74, 6) is 0.456. The molecule has 2 aromatic rings. The van der Waals surface area contributed by atoms with Crippen molar-refractivity contribution >= 4 is 11.7 Å². The normalized spacial score (nSPS) is 12.0. The van der Waals surface area contributed by atoms with Gasteiger partial charge < -0.3 is 15.7 Å². The molecule has 0 radical (unpaired) electrons. The molecule has 2 rings (SSSR count). The number of anilines is 1. The van der Waals surface area contributed by atoms with Gasteiger partial charge in [-0.25, -0.2) is 4.98 Å². The predicted octanol–water partition coefficient (Wildman–Crippen LogP) is 0.710. The maximum atomic E-state index is 11.6. The zero-order chi connectivity index (χ0) is 15.2. The van der Waals surface area contributed by atoms with Crippen molar-refractivity contribution in [3.05, 3.63) is 41.9 Å². The van der Waals surface area contributed by atoms with Gasteiger partial charge in [0.15, 0.2) is 0 Å². The molecule has 2 heterocycles. The third kappa shape index (κ3) is 4.03. The van der Waals surface area contributed by atoms with Gasteiger partial charge in [-0.1, -0.05) is 0 Å². The Morgan fingerprint density at radius 3 is 2.81 bits per heavy atom. The number of aromatic nitrogens is 3. The van der Waals surface area contributed by atoms with E-state index in [4.69, 9.17) is 0 Å². The highest BCUT2D eigenvalue weighted by molar-refractivity contribution is 5.93. The quantitative estimate of drug-likeness (QED) is 0.728. The molecule has 0 spiro atoms. The fourth-order valence-electron chi connectivity index (χ4n) is 1.83. The largest absolute Gasteiger partial charge is 0.386 e. The molecule has 0 aromatic carbocycles. The fraction of sp³-hybridized carbons (Fsp3) is 0.357. The van der Waals surface area contributed by atoms with Gasteiger partial charge in [-0.2, -0.15) is 5.10 Å². The molecular weight excluding hydrogens is 270 g/mol. The van der Waals surface area contributed by atoms with Gasteiger partial charge in [-0.05, 0) is 19.1 Å². The summed E-state index contributed by atoms with van der Waals surface area (Å²) < 4.78 is 1.64. The first-order valence-corrected chi connectivity index (χ1v) is 6.75. The highest BCUT2D eigenvalue weighted by atomic mass is 16.3. The van der Waals surface area contributed by atoms with Crippen LogP contribution in [0.25, 0.3) is 0 Å². The third-order valence-corrected chi connectivity index (χ3v) is 2.95. The van der Waals surface area contributed by atoms with Crippen LogP contribution in [0, 0.1) is 0 Å². The van der Waals surface area contributed by atoms with Gasteiger partial charge in [0.2, 0.25) is 0 Å². The van der Waals surface area contributed by atoms with E-state index < -0.39 is 6.10 Å². The molecule has 2 aromatic heterocycles. The molecule has 21 heavy (non-hydrogen) atoms. The standard InChI is InChI=1S/C14H19N5O2/c1-3-15-14(21)10-4-5-13(16-6-10)17-8-12(20)11-7-18-19(2)9-11/h4-7,9,12,20H,3,8H2,1-2H3,(H,15,21)(H,16,17). The summed E-state index contributed by atoms with van der Waals surface area (Å²) in [7, 11) is 1.80. The lowest BCUT2D eigenvalue weighted by molar-refractivity contribution is 0.0955. The van der Waals surface area contributed by atoms with Gasteiger partial charge in [0.05, 0.1) is 17.9 Å². The van der Waals surface area contributed by atoms with Gasteiger partial charge >= 0.3 is 0 Å². The van der Waals surface area contributed by atoms with Crippen LogP contribution in [0.3, 0.4) is 0 Å². The SMILES string of the molecule is CCNC(=O)c1ccc(NCC(O)c2cnn(C)c2)nc1. The van der Waals surface area contributed by atoms with Crippen LogP contribution in [-0.4, -0.2) is 38.9 Å². The molecular formula is C14H19N5O2. The first-order chi connectivity index (χ1) is 10.1. The van der Waals surface area contributed by atoms with E-state index in [-0.39, 0.29) is 5.91 Å². The number of amides is 1. The minimum absolute atomic E-state index is 0.146. The summed E-state index contributed by atoms with van der Waals surface area (Å²) in [6.45, 7) is 2.76. The molecule has 112 valence electrons. The van der Waals surface area contributed by atoms with Crippen LogP contribution in [0.15, 0.2) is 30.7 Å². The van der Waals surface area contributed by atoms with E-state index >= 15 is 0 Å². The zero-order valence-corrected chi connectivity index (χ0v) is 12.1. The molecule has 1 amide bonds. The summed E-state index contributed by atoms with van der Waals surface area (Å²) >= 11 is 0. The van der Waals surface area contributed by atoms with Crippen molar-refractivity contribution in [2.24, 2.45) is 7.05 Å².